The number of carbonyl (C=O) groups excluding carboxylic acids is 3. The summed E-state index contributed by atoms with van der Waals surface area (Å²) in [6.07, 6.45) is 4.78. The summed E-state index contributed by atoms with van der Waals surface area (Å²) in [5, 5.41) is 26.9. The molecule has 6 N–H and O–H groups in total. The number of amides is 3. The fourth-order valence-electron chi connectivity index (χ4n) is 4.00. The summed E-state index contributed by atoms with van der Waals surface area (Å²) in [5.41, 5.74) is 3.77. The Kier molecular flexibility index (Phi) is 12.7. The Hall–Kier alpha value is -4.15. The van der Waals surface area contributed by atoms with Gasteiger partial charge in [-0.2, -0.15) is 0 Å². The number of anilines is 1. The Labute approximate surface area is 229 Å². The standard InChI is InChI=1S/C29H32N4O5.CH4/c1-20(34)27(29(37)33-38)32-28(36)23-15-11-21(12-16-23)7-5-6-8-22-13-17-25(18-14-22)31-26(35)19-30-24-9-3-2-4-10-24;/h11-18,20,24,27,30,34,38H,2-4,9-10,19H2,1H3,(H,31,35)(H,32,36)(H,33,37);1H4/t20-,27+;/m1./s1. The predicted molar refractivity (Wildman–Crippen MR) is 150 cm³/mol. The quantitative estimate of drug-likeness (QED) is 0.175. The van der Waals surface area contributed by atoms with Crippen LogP contribution in [0, 0.1) is 23.7 Å². The van der Waals surface area contributed by atoms with Crippen molar-refractivity contribution in [1.29, 1.82) is 0 Å². The Balaban J connectivity index is 0.00000533. The first-order valence-electron chi connectivity index (χ1n) is 12.5. The van der Waals surface area contributed by atoms with E-state index in [9.17, 15) is 19.5 Å². The van der Waals surface area contributed by atoms with Gasteiger partial charge in [0.1, 0.15) is 6.04 Å². The number of hydroxylamine groups is 1. The van der Waals surface area contributed by atoms with E-state index in [1.54, 1.807) is 24.3 Å². The largest absolute Gasteiger partial charge is 0.391 e. The van der Waals surface area contributed by atoms with E-state index in [4.69, 9.17) is 5.21 Å². The van der Waals surface area contributed by atoms with Gasteiger partial charge in [-0.05, 0) is 80.1 Å². The van der Waals surface area contributed by atoms with Crippen molar-refractivity contribution in [3.63, 3.8) is 0 Å². The average molecular weight is 533 g/mol. The first-order chi connectivity index (χ1) is 18.4. The van der Waals surface area contributed by atoms with E-state index in [1.807, 2.05) is 12.1 Å². The molecule has 3 rings (SSSR count). The Bertz CT molecular complexity index is 1230. The molecule has 0 radical (unpaired) electrons. The van der Waals surface area contributed by atoms with Crippen molar-refractivity contribution in [3.05, 3.63) is 65.2 Å². The molecule has 39 heavy (non-hydrogen) atoms. The van der Waals surface area contributed by atoms with Crippen LogP contribution in [0.5, 0.6) is 0 Å². The van der Waals surface area contributed by atoms with E-state index in [0.717, 1.165) is 18.4 Å². The molecule has 1 saturated carbocycles. The molecule has 1 aliphatic carbocycles. The van der Waals surface area contributed by atoms with Crippen molar-refractivity contribution in [3.8, 4) is 23.7 Å². The highest BCUT2D eigenvalue weighted by Crippen LogP contribution is 2.17. The van der Waals surface area contributed by atoms with Gasteiger partial charge in [0.25, 0.3) is 11.8 Å². The van der Waals surface area contributed by atoms with E-state index in [1.165, 1.54) is 43.8 Å². The van der Waals surface area contributed by atoms with Gasteiger partial charge in [-0.25, -0.2) is 5.48 Å². The van der Waals surface area contributed by atoms with Crippen LogP contribution in [0.2, 0.25) is 0 Å². The Morgan fingerprint density at radius 1 is 0.923 bits per heavy atom. The van der Waals surface area contributed by atoms with Crippen molar-refractivity contribution in [2.45, 2.75) is 64.6 Å². The van der Waals surface area contributed by atoms with E-state index in [-0.39, 0.29) is 18.9 Å². The van der Waals surface area contributed by atoms with Crippen LogP contribution in [0.15, 0.2) is 48.5 Å². The number of rotatable bonds is 8. The third-order valence-corrected chi connectivity index (χ3v) is 6.11. The van der Waals surface area contributed by atoms with Crippen LogP contribution in [-0.4, -0.2) is 52.8 Å². The molecule has 1 fully saturated rings. The lowest BCUT2D eigenvalue weighted by Crippen LogP contribution is -2.51. The van der Waals surface area contributed by atoms with Gasteiger partial charge in [0.15, 0.2) is 0 Å². The monoisotopic (exact) mass is 532 g/mol. The molecular weight excluding hydrogens is 496 g/mol. The van der Waals surface area contributed by atoms with E-state index >= 15 is 0 Å². The number of nitrogens with one attached hydrogen (secondary N) is 4. The summed E-state index contributed by atoms with van der Waals surface area (Å²) in [6, 6.07) is 12.7. The highest BCUT2D eigenvalue weighted by atomic mass is 16.5. The van der Waals surface area contributed by atoms with Gasteiger partial charge in [-0.15, -0.1) is 0 Å². The van der Waals surface area contributed by atoms with Crippen molar-refractivity contribution in [2.75, 3.05) is 11.9 Å². The minimum atomic E-state index is -1.30. The second-order valence-electron chi connectivity index (χ2n) is 9.09. The molecule has 0 spiro atoms. The fraction of sp³-hybridized carbons (Fsp3) is 0.367. The minimum absolute atomic E-state index is 0. The lowest BCUT2D eigenvalue weighted by Gasteiger charge is -2.22. The Morgan fingerprint density at radius 2 is 1.49 bits per heavy atom. The van der Waals surface area contributed by atoms with Crippen molar-refractivity contribution < 1.29 is 24.7 Å². The zero-order chi connectivity index (χ0) is 27.3. The van der Waals surface area contributed by atoms with Gasteiger partial charge in [0, 0.05) is 28.4 Å². The molecule has 2 aromatic carbocycles. The van der Waals surface area contributed by atoms with Crippen LogP contribution in [0.1, 0.15) is 67.9 Å². The first kappa shape index (κ1) is 31.1. The van der Waals surface area contributed by atoms with Crippen molar-refractivity contribution in [1.82, 2.24) is 16.1 Å². The SMILES string of the molecule is C.C[C@@H](O)[C@H](NC(=O)c1ccc(C#CC#Cc2ccc(NC(=O)CNC3CCCCC3)cc2)cc1)C(=O)NO. The van der Waals surface area contributed by atoms with Crippen LogP contribution in [-0.2, 0) is 9.59 Å². The molecule has 2 atom stereocenters. The topological polar surface area (TPSA) is 140 Å². The molecule has 3 amide bonds. The summed E-state index contributed by atoms with van der Waals surface area (Å²) in [7, 11) is 0. The molecule has 0 heterocycles. The van der Waals surface area contributed by atoms with Crippen LogP contribution >= 0.6 is 0 Å². The fourth-order valence-corrected chi connectivity index (χ4v) is 4.00. The highest BCUT2D eigenvalue weighted by molar-refractivity contribution is 5.97. The molecule has 0 bridgehead atoms. The van der Waals surface area contributed by atoms with Gasteiger partial charge in [0.2, 0.25) is 5.91 Å². The summed E-state index contributed by atoms with van der Waals surface area (Å²) in [5.74, 6) is 9.80. The maximum absolute atomic E-state index is 12.3. The van der Waals surface area contributed by atoms with Crippen molar-refractivity contribution in [2.24, 2.45) is 0 Å². The summed E-state index contributed by atoms with van der Waals surface area (Å²) in [6.45, 7) is 1.62. The third kappa shape index (κ3) is 10.3. The molecule has 1 aliphatic rings. The molecule has 2 aromatic rings. The molecule has 206 valence electrons. The average Bonchev–Trinajstić information content (AvgIpc) is 2.94. The second kappa shape index (κ2) is 16.0. The Morgan fingerprint density at radius 3 is 2.03 bits per heavy atom. The van der Waals surface area contributed by atoms with Crippen LogP contribution in [0.25, 0.3) is 0 Å². The molecule has 9 heteroatoms. The maximum atomic E-state index is 12.3. The van der Waals surface area contributed by atoms with Crippen LogP contribution in [0.4, 0.5) is 5.69 Å². The van der Waals surface area contributed by atoms with Crippen LogP contribution < -0.4 is 21.4 Å². The van der Waals surface area contributed by atoms with Gasteiger partial charge < -0.3 is 21.1 Å². The molecule has 0 saturated heterocycles. The van der Waals surface area contributed by atoms with Gasteiger partial charge in [0.05, 0.1) is 12.6 Å². The number of aliphatic hydroxyl groups is 1. The zero-order valence-corrected chi connectivity index (χ0v) is 21.2. The van der Waals surface area contributed by atoms with Crippen LogP contribution in [0.3, 0.4) is 0 Å². The van der Waals surface area contributed by atoms with E-state index in [0.29, 0.717) is 23.8 Å². The van der Waals surface area contributed by atoms with Gasteiger partial charge >= 0.3 is 0 Å². The molecular formula is C30H36N4O5. The summed E-state index contributed by atoms with van der Waals surface area (Å²) < 4.78 is 0. The lowest BCUT2D eigenvalue weighted by atomic mass is 9.95. The first-order valence-corrected chi connectivity index (χ1v) is 12.5. The second-order valence-corrected chi connectivity index (χ2v) is 9.09. The molecule has 0 aliphatic heterocycles. The predicted octanol–water partition coefficient (Wildman–Crippen LogP) is 2.57. The number of benzene rings is 2. The highest BCUT2D eigenvalue weighted by Gasteiger charge is 2.25. The molecule has 9 nitrogen and oxygen atoms in total. The lowest BCUT2D eigenvalue weighted by molar-refractivity contribution is -0.133. The molecule has 0 unspecified atom stereocenters. The van der Waals surface area contributed by atoms with E-state index < -0.39 is 24.0 Å². The smallest absolute Gasteiger partial charge is 0.268 e. The summed E-state index contributed by atoms with van der Waals surface area (Å²) in [4.78, 5) is 36.1. The maximum Gasteiger partial charge on any atom is 0.268 e. The van der Waals surface area contributed by atoms with E-state index in [2.05, 4.69) is 39.6 Å². The number of hydrogen-bond donors (Lipinski definition) is 6. The summed E-state index contributed by atoms with van der Waals surface area (Å²) >= 11 is 0. The van der Waals surface area contributed by atoms with Gasteiger partial charge in [-0.3, -0.25) is 19.6 Å². The third-order valence-electron chi connectivity index (χ3n) is 6.11. The zero-order valence-electron chi connectivity index (χ0n) is 21.2. The minimum Gasteiger partial charge on any atom is -0.391 e. The number of hydrogen-bond acceptors (Lipinski definition) is 6. The number of carbonyl (C=O) groups is 3. The van der Waals surface area contributed by atoms with Gasteiger partial charge in [-0.1, -0.05) is 38.5 Å². The molecule has 0 aromatic heterocycles. The number of aliphatic hydroxyl groups excluding tert-OH is 1. The van der Waals surface area contributed by atoms with Crippen molar-refractivity contribution >= 4 is 23.4 Å². The normalized spacial score (nSPS) is 14.1.